The van der Waals surface area contributed by atoms with E-state index in [-0.39, 0.29) is 5.56 Å². The van der Waals surface area contributed by atoms with Crippen molar-refractivity contribution < 1.29 is 17.8 Å². The molecule has 9 heteroatoms. The lowest BCUT2D eigenvalue weighted by Gasteiger charge is -2.15. The first-order valence-corrected chi connectivity index (χ1v) is 9.42. The predicted octanol–water partition coefficient (Wildman–Crippen LogP) is 3.48. The van der Waals surface area contributed by atoms with E-state index in [2.05, 4.69) is 42.2 Å². The normalized spacial score (nSPS) is 12.7. The summed E-state index contributed by atoms with van der Waals surface area (Å²) in [4.78, 5) is 16.1. The van der Waals surface area contributed by atoms with Crippen LogP contribution < -0.4 is 5.32 Å². The number of halogens is 2. The van der Waals surface area contributed by atoms with Crippen LogP contribution in [-0.2, 0) is 14.9 Å². The Bertz CT molecular complexity index is 818. The molecule has 2 aromatic rings. The van der Waals surface area contributed by atoms with Crippen LogP contribution >= 0.6 is 31.9 Å². The molecule has 1 aromatic carbocycles. The molecule has 23 heavy (non-hydrogen) atoms. The second-order valence-electron chi connectivity index (χ2n) is 4.74. The Morgan fingerprint density at radius 1 is 1.30 bits per heavy atom. The molecule has 0 saturated carbocycles. The molecule has 0 radical (unpaired) electrons. The summed E-state index contributed by atoms with van der Waals surface area (Å²) in [6, 6.07) is 6.18. The molecule has 0 aliphatic rings. The Morgan fingerprint density at radius 2 is 1.91 bits per heavy atom. The highest BCUT2D eigenvalue weighted by Gasteiger charge is 2.33. The van der Waals surface area contributed by atoms with Crippen LogP contribution in [0.25, 0.3) is 0 Å². The van der Waals surface area contributed by atoms with Gasteiger partial charge in [-0.15, -0.1) is 0 Å². The minimum absolute atomic E-state index is 0.0812. The molecule has 0 aliphatic heterocycles. The third-order valence-corrected chi connectivity index (χ3v) is 5.80. The van der Waals surface area contributed by atoms with Gasteiger partial charge in [0.1, 0.15) is 0 Å². The summed E-state index contributed by atoms with van der Waals surface area (Å²) in [5.74, 6) is -0.872. The van der Waals surface area contributed by atoms with Crippen molar-refractivity contribution in [2.45, 2.75) is 12.2 Å². The molecule has 1 atom stereocenters. The lowest BCUT2D eigenvalue weighted by atomic mass is 10.2. The zero-order valence-electron chi connectivity index (χ0n) is 11.8. The van der Waals surface area contributed by atoms with Gasteiger partial charge in [-0.05, 0) is 30.7 Å². The summed E-state index contributed by atoms with van der Waals surface area (Å²) < 4.78 is 34.1. The van der Waals surface area contributed by atoms with Crippen molar-refractivity contribution in [3.63, 3.8) is 0 Å². The average Bonchev–Trinajstić information content (AvgIpc) is 2.44. The van der Waals surface area contributed by atoms with Crippen molar-refractivity contribution in [2.75, 3.05) is 5.32 Å². The van der Waals surface area contributed by atoms with Crippen molar-refractivity contribution in [2.24, 2.45) is 0 Å². The van der Waals surface area contributed by atoms with Crippen LogP contribution in [-0.4, -0.2) is 23.9 Å². The van der Waals surface area contributed by atoms with E-state index >= 15 is 0 Å². The van der Waals surface area contributed by atoms with Crippen molar-refractivity contribution >= 4 is 53.6 Å². The maximum absolute atomic E-state index is 12.4. The summed E-state index contributed by atoms with van der Waals surface area (Å²) in [7, 11) is -4.64. The van der Waals surface area contributed by atoms with Crippen molar-refractivity contribution in [1.29, 1.82) is 0 Å². The van der Waals surface area contributed by atoms with Gasteiger partial charge < -0.3 is 5.32 Å². The summed E-state index contributed by atoms with van der Waals surface area (Å²) >= 11 is 6.70. The number of nitrogens with one attached hydrogen (secondary N) is 1. The van der Waals surface area contributed by atoms with Gasteiger partial charge in [-0.1, -0.05) is 37.9 Å². The number of rotatable bonds is 4. The van der Waals surface area contributed by atoms with Crippen LogP contribution in [0.3, 0.4) is 0 Å². The second-order valence-corrected chi connectivity index (χ2v) is 7.95. The van der Waals surface area contributed by atoms with Gasteiger partial charge in [0.15, 0.2) is 5.25 Å². The number of benzene rings is 1. The second kappa shape index (κ2) is 7.08. The van der Waals surface area contributed by atoms with Gasteiger partial charge in [-0.3, -0.25) is 14.3 Å². The van der Waals surface area contributed by atoms with Gasteiger partial charge in [0.25, 0.3) is 10.1 Å². The Labute approximate surface area is 150 Å². The SMILES string of the molecule is Cc1c(Br)cc(NC(=O)[C@@H](c2cccnc2)S(=O)(=O)O)cc1Br. The smallest absolute Gasteiger partial charge is 0.281 e. The quantitative estimate of drug-likeness (QED) is 0.676. The van der Waals surface area contributed by atoms with Gasteiger partial charge in [0, 0.05) is 32.6 Å². The molecule has 0 bridgehead atoms. The Morgan fingerprint density at radius 3 is 2.39 bits per heavy atom. The van der Waals surface area contributed by atoms with E-state index in [1.165, 1.54) is 24.5 Å². The number of hydrogen-bond acceptors (Lipinski definition) is 4. The third-order valence-electron chi connectivity index (χ3n) is 3.07. The molecule has 1 aromatic heterocycles. The lowest BCUT2D eigenvalue weighted by molar-refractivity contribution is -0.116. The predicted molar refractivity (Wildman–Crippen MR) is 93.7 cm³/mol. The van der Waals surface area contributed by atoms with Crippen LogP contribution in [0.4, 0.5) is 5.69 Å². The molecule has 122 valence electrons. The maximum Gasteiger partial charge on any atom is 0.281 e. The number of pyridine rings is 1. The number of nitrogens with zero attached hydrogens (tertiary/aromatic N) is 1. The molecule has 2 rings (SSSR count). The van der Waals surface area contributed by atoms with Crippen LogP contribution in [0.1, 0.15) is 16.4 Å². The van der Waals surface area contributed by atoms with E-state index in [0.29, 0.717) is 5.69 Å². The number of hydrogen-bond donors (Lipinski definition) is 2. The van der Waals surface area contributed by atoms with E-state index in [1.807, 2.05) is 6.92 Å². The molecule has 2 N–H and O–H groups in total. The Hall–Kier alpha value is -1.29. The molecular weight excluding hydrogens is 452 g/mol. The number of carbonyl (C=O) groups is 1. The minimum Gasteiger partial charge on any atom is -0.325 e. The summed E-state index contributed by atoms with van der Waals surface area (Å²) in [6.07, 6.45) is 2.66. The van der Waals surface area contributed by atoms with Gasteiger partial charge >= 0.3 is 0 Å². The van der Waals surface area contributed by atoms with Crippen molar-refractivity contribution in [3.05, 3.63) is 56.7 Å². The van der Waals surface area contributed by atoms with Crippen molar-refractivity contribution in [1.82, 2.24) is 4.98 Å². The Kier molecular flexibility index (Phi) is 5.56. The number of aromatic nitrogens is 1. The molecule has 1 heterocycles. The van der Waals surface area contributed by atoms with E-state index in [1.54, 1.807) is 12.1 Å². The first-order valence-electron chi connectivity index (χ1n) is 6.33. The summed E-state index contributed by atoms with van der Waals surface area (Å²) in [5.41, 5.74) is 1.40. The number of amides is 1. The van der Waals surface area contributed by atoms with Crippen molar-refractivity contribution in [3.8, 4) is 0 Å². The molecule has 0 fully saturated rings. The summed E-state index contributed by atoms with van der Waals surface area (Å²) in [6.45, 7) is 1.87. The fraction of sp³-hybridized carbons (Fsp3) is 0.143. The van der Waals surface area contributed by atoms with E-state index in [9.17, 15) is 17.8 Å². The molecular formula is C14H12Br2N2O4S. The average molecular weight is 464 g/mol. The zero-order valence-corrected chi connectivity index (χ0v) is 15.8. The molecule has 1 amide bonds. The van der Waals surface area contributed by atoms with Crippen LogP contribution in [0, 0.1) is 6.92 Å². The molecule has 0 aliphatic carbocycles. The fourth-order valence-electron chi connectivity index (χ4n) is 1.91. The minimum atomic E-state index is -4.64. The molecule has 0 spiro atoms. The monoisotopic (exact) mass is 462 g/mol. The summed E-state index contributed by atoms with van der Waals surface area (Å²) in [5, 5.41) is 0.735. The number of anilines is 1. The molecule has 6 nitrogen and oxygen atoms in total. The van der Waals surface area contributed by atoms with Gasteiger partial charge in [0.2, 0.25) is 5.91 Å². The zero-order chi connectivity index (χ0) is 17.2. The highest BCUT2D eigenvalue weighted by atomic mass is 79.9. The van der Waals surface area contributed by atoms with Gasteiger partial charge in [0.05, 0.1) is 0 Å². The standard InChI is InChI=1S/C14H12Br2N2O4S/c1-8-11(15)5-10(6-12(8)16)18-14(19)13(23(20,21)22)9-3-2-4-17-7-9/h2-7,13H,1H3,(H,18,19)(H,20,21,22)/t13-/m1/s1. The van der Waals surface area contributed by atoms with Crippen LogP contribution in [0.15, 0.2) is 45.6 Å². The first-order chi connectivity index (χ1) is 10.7. The largest absolute Gasteiger partial charge is 0.325 e. The lowest BCUT2D eigenvalue weighted by Crippen LogP contribution is -2.27. The topological polar surface area (TPSA) is 96.4 Å². The fourth-order valence-corrected chi connectivity index (χ4v) is 3.91. The highest BCUT2D eigenvalue weighted by molar-refractivity contribution is 9.11. The van der Waals surface area contributed by atoms with E-state index < -0.39 is 21.3 Å². The van der Waals surface area contributed by atoms with Gasteiger partial charge in [-0.25, -0.2) is 0 Å². The Balaban J connectivity index is 2.37. The van der Waals surface area contributed by atoms with E-state index in [0.717, 1.165) is 14.5 Å². The van der Waals surface area contributed by atoms with Crippen LogP contribution in [0.2, 0.25) is 0 Å². The van der Waals surface area contributed by atoms with Gasteiger partial charge in [-0.2, -0.15) is 8.42 Å². The van der Waals surface area contributed by atoms with Crippen LogP contribution in [0.5, 0.6) is 0 Å². The first kappa shape index (κ1) is 18.1. The van der Waals surface area contributed by atoms with E-state index in [4.69, 9.17) is 0 Å². The third kappa shape index (κ3) is 4.37. The molecule has 0 saturated heterocycles. The number of carbonyl (C=O) groups excluding carboxylic acids is 1. The maximum atomic E-state index is 12.4. The molecule has 0 unspecified atom stereocenters. The highest BCUT2D eigenvalue weighted by Crippen LogP contribution is 2.30.